The van der Waals surface area contributed by atoms with Gasteiger partial charge in [0.05, 0.1) is 5.60 Å². The van der Waals surface area contributed by atoms with Crippen molar-refractivity contribution in [3.63, 3.8) is 0 Å². The van der Waals surface area contributed by atoms with Crippen molar-refractivity contribution in [3.8, 4) is 0 Å². The smallest absolute Gasteiger partial charge is 0.313 e. The first kappa shape index (κ1) is 16.5. The van der Waals surface area contributed by atoms with Crippen molar-refractivity contribution < 1.29 is 19.4 Å². The molecular weight excluding hydrogens is 284 g/mol. The largest absolute Gasteiger partial charge is 0.388 e. The van der Waals surface area contributed by atoms with Crippen LogP contribution in [0.5, 0.6) is 0 Å². The van der Waals surface area contributed by atoms with E-state index in [1.54, 1.807) is 6.07 Å². The van der Waals surface area contributed by atoms with Crippen molar-refractivity contribution in [2.45, 2.75) is 32.3 Å². The third-order valence-electron chi connectivity index (χ3n) is 3.84. The quantitative estimate of drug-likeness (QED) is 0.724. The number of aliphatic hydroxyl groups is 1. The lowest BCUT2D eigenvalue weighted by Crippen LogP contribution is -2.48. The summed E-state index contributed by atoms with van der Waals surface area (Å²) in [5.41, 5.74) is 1.59. The summed E-state index contributed by atoms with van der Waals surface area (Å²) in [5.74, 6) is -1.48. The fraction of sp³-hybridized carbons (Fsp3) is 0.500. The molecule has 0 aromatic heterocycles. The maximum absolute atomic E-state index is 11.9. The molecule has 1 aromatic rings. The van der Waals surface area contributed by atoms with E-state index in [4.69, 9.17) is 4.74 Å². The first-order valence-corrected chi connectivity index (χ1v) is 7.36. The lowest BCUT2D eigenvalue weighted by molar-refractivity contribution is -0.137. The second kappa shape index (κ2) is 6.89. The minimum absolute atomic E-state index is 0.0511. The molecule has 0 aliphatic carbocycles. The third-order valence-corrected chi connectivity index (χ3v) is 3.84. The highest BCUT2D eigenvalue weighted by Crippen LogP contribution is 2.19. The molecule has 1 saturated heterocycles. The van der Waals surface area contributed by atoms with Gasteiger partial charge in [0.2, 0.25) is 0 Å². The molecule has 1 aliphatic rings. The van der Waals surface area contributed by atoms with E-state index in [0.717, 1.165) is 11.1 Å². The molecule has 6 nitrogen and oxygen atoms in total. The Labute approximate surface area is 129 Å². The van der Waals surface area contributed by atoms with E-state index in [0.29, 0.717) is 31.7 Å². The average Bonchev–Trinajstić information content (AvgIpc) is 2.48. The van der Waals surface area contributed by atoms with Crippen LogP contribution >= 0.6 is 0 Å². The number of benzene rings is 1. The van der Waals surface area contributed by atoms with E-state index in [9.17, 15) is 14.7 Å². The Balaban J connectivity index is 1.88. The van der Waals surface area contributed by atoms with Crippen LogP contribution < -0.4 is 10.6 Å². The molecule has 3 N–H and O–H groups in total. The molecule has 0 atom stereocenters. The first-order chi connectivity index (χ1) is 10.4. The number of amides is 2. The predicted molar refractivity (Wildman–Crippen MR) is 82.6 cm³/mol. The molecule has 22 heavy (non-hydrogen) atoms. The number of anilines is 1. The van der Waals surface area contributed by atoms with Gasteiger partial charge in [-0.05, 0) is 25.5 Å². The molecule has 1 heterocycles. The van der Waals surface area contributed by atoms with Crippen molar-refractivity contribution in [3.05, 3.63) is 29.3 Å². The average molecular weight is 306 g/mol. The number of rotatable bonds is 3. The van der Waals surface area contributed by atoms with Gasteiger partial charge in [0, 0.05) is 38.3 Å². The number of ether oxygens (including phenoxy) is 1. The molecule has 0 unspecified atom stereocenters. The summed E-state index contributed by atoms with van der Waals surface area (Å²) in [6.07, 6.45) is 0.901. The highest BCUT2D eigenvalue weighted by molar-refractivity contribution is 6.39. The highest BCUT2D eigenvalue weighted by atomic mass is 16.5. The van der Waals surface area contributed by atoms with Gasteiger partial charge in [-0.2, -0.15) is 0 Å². The molecule has 0 spiro atoms. The fourth-order valence-corrected chi connectivity index (χ4v) is 2.39. The van der Waals surface area contributed by atoms with Crippen molar-refractivity contribution in [1.29, 1.82) is 0 Å². The summed E-state index contributed by atoms with van der Waals surface area (Å²) in [4.78, 5) is 23.7. The van der Waals surface area contributed by atoms with Crippen LogP contribution in [0.4, 0.5) is 5.69 Å². The second-order valence-electron chi connectivity index (χ2n) is 5.79. The first-order valence-electron chi connectivity index (χ1n) is 7.36. The van der Waals surface area contributed by atoms with Crippen molar-refractivity contribution in [2.24, 2.45) is 0 Å². The topological polar surface area (TPSA) is 87.7 Å². The number of hydrogen-bond donors (Lipinski definition) is 3. The zero-order valence-electron chi connectivity index (χ0n) is 12.9. The molecule has 0 radical (unpaired) electrons. The molecule has 1 aromatic carbocycles. The summed E-state index contributed by atoms with van der Waals surface area (Å²) in [6.45, 7) is 4.79. The lowest BCUT2D eigenvalue weighted by atomic mass is 9.94. The van der Waals surface area contributed by atoms with Crippen LogP contribution in [0.15, 0.2) is 18.2 Å². The van der Waals surface area contributed by atoms with Crippen LogP contribution in [0, 0.1) is 13.8 Å². The molecule has 2 rings (SSSR count). The van der Waals surface area contributed by atoms with Crippen LogP contribution in [-0.2, 0) is 14.3 Å². The number of aryl methyl sites for hydroxylation is 2. The lowest BCUT2D eigenvalue weighted by Gasteiger charge is -2.31. The van der Waals surface area contributed by atoms with E-state index < -0.39 is 17.4 Å². The standard InChI is InChI=1S/C16H22N2O4/c1-11-3-4-13(12(2)9-11)18-15(20)14(19)17-10-16(21)5-7-22-8-6-16/h3-4,9,21H,5-8,10H2,1-2H3,(H,17,19)(H,18,20). The van der Waals surface area contributed by atoms with Gasteiger partial charge in [0.25, 0.3) is 0 Å². The summed E-state index contributed by atoms with van der Waals surface area (Å²) in [6, 6.07) is 5.56. The zero-order valence-corrected chi connectivity index (χ0v) is 12.9. The maximum atomic E-state index is 11.9. The van der Waals surface area contributed by atoms with Crippen LogP contribution in [0.2, 0.25) is 0 Å². The highest BCUT2D eigenvalue weighted by Gasteiger charge is 2.30. The Bertz CT molecular complexity index is 565. The minimum Gasteiger partial charge on any atom is -0.388 e. The minimum atomic E-state index is -0.992. The van der Waals surface area contributed by atoms with Gasteiger partial charge >= 0.3 is 11.8 Å². The third kappa shape index (κ3) is 4.29. The number of carbonyl (C=O) groups is 2. The second-order valence-corrected chi connectivity index (χ2v) is 5.79. The Morgan fingerprint density at radius 1 is 1.23 bits per heavy atom. The number of nitrogens with one attached hydrogen (secondary N) is 2. The van der Waals surface area contributed by atoms with E-state index in [1.807, 2.05) is 26.0 Å². The van der Waals surface area contributed by atoms with Gasteiger partial charge in [0.15, 0.2) is 0 Å². The van der Waals surface area contributed by atoms with E-state index >= 15 is 0 Å². The maximum Gasteiger partial charge on any atom is 0.313 e. The molecule has 2 amide bonds. The van der Waals surface area contributed by atoms with Crippen molar-refractivity contribution in [1.82, 2.24) is 5.32 Å². The van der Waals surface area contributed by atoms with Crippen LogP contribution in [0.3, 0.4) is 0 Å². The number of hydrogen-bond acceptors (Lipinski definition) is 4. The predicted octanol–water partition coefficient (Wildman–Crippen LogP) is 0.900. The molecule has 0 saturated carbocycles. The SMILES string of the molecule is Cc1ccc(NC(=O)C(=O)NCC2(O)CCOCC2)c(C)c1. The van der Waals surface area contributed by atoms with Gasteiger partial charge in [-0.3, -0.25) is 9.59 Å². The van der Waals surface area contributed by atoms with E-state index in [-0.39, 0.29) is 6.54 Å². The molecular formula is C16H22N2O4. The monoisotopic (exact) mass is 306 g/mol. The summed E-state index contributed by atoms with van der Waals surface area (Å²) in [7, 11) is 0. The summed E-state index contributed by atoms with van der Waals surface area (Å²) in [5, 5.41) is 15.3. The molecule has 120 valence electrons. The van der Waals surface area contributed by atoms with Crippen LogP contribution in [0.1, 0.15) is 24.0 Å². The molecule has 6 heteroatoms. The zero-order chi connectivity index (χ0) is 16.2. The van der Waals surface area contributed by atoms with Crippen LogP contribution in [0.25, 0.3) is 0 Å². The summed E-state index contributed by atoms with van der Waals surface area (Å²) >= 11 is 0. The molecule has 1 aliphatic heterocycles. The molecule has 0 bridgehead atoms. The Morgan fingerprint density at radius 2 is 1.91 bits per heavy atom. The van der Waals surface area contributed by atoms with Gasteiger partial charge in [-0.25, -0.2) is 0 Å². The Hall–Kier alpha value is -1.92. The Morgan fingerprint density at radius 3 is 2.55 bits per heavy atom. The molecule has 1 fully saturated rings. The van der Waals surface area contributed by atoms with Gasteiger partial charge in [0.1, 0.15) is 0 Å². The van der Waals surface area contributed by atoms with Gasteiger partial charge in [-0.15, -0.1) is 0 Å². The van der Waals surface area contributed by atoms with Gasteiger partial charge < -0.3 is 20.5 Å². The van der Waals surface area contributed by atoms with Crippen molar-refractivity contribution >= 4 is 17.5 Å². The number of carbonyl (C=O) groups excluding carboxylic acids is 2. The van der Waals surface area contributed by atoms with E-state index in [1.165, 1.54) is 0 Å². The van der Waals surface area contributed by atoms with Crippen LogP contribution in [-0.4, -0.2) is 42.3 Å². The fourth-order valence-electron chi connectivity index (χ4n) is 2.39. The van der Waals surface area contributed by atoms with Gasteiger partial charge in [-0.1, -0.05) is 17.7 Å². The Kier molecular flexibility index (Phi) is 5.15. The van der Waals surface area contributed by atoms with Crippen molar-refractivity contribution in [2.75, 3.05) is 25.1 Å². The summed E-state index contributed by atoms with van der Waals surface area (Å²) < 4.78 is 5.17. The van der Waals surface area contributed by atoms with E-state index in [2.05, 4.69) is 10.6 Å². The normalized spacial score (nSPS) is 16.9.